The molecule has 0 atom stereocenters. The molecular formula is C37H52N7O6P. The number of piperazine rings is 1. The fraction of sp³-hybridized carbons (Fsp3) is 0.514. The molecule has 2 fully saturated rings. The summed E-state index contributed by atoms with van der Waals surface area (Å²) in [5.74, 6) is 0.515. The molecule has 0 aliphatic carbocycles. The summed E-state index contributed by atoms with van der Waals surface area (Å²) in [6.07, 6.45) is 4.04. The summed E-state index contributed by atoms with van der Waals surface area (Å²) in [5, 5.41) is 7.15. The molecule has 3 aromatic rings. The lowest BCUT2D eigenvalue weighted by molar-refractivity contribution is 0.00900. The number of rotatable bonds is 10. The van der Waals surface area contributed by atoms with Gasteiger partial charge in [-0.1, -0.05) is 19.1 Å². The van der Waals surface area contributed by atoms with E-state index in [9.17, 15) is 14.2 Å². The third-order valence-corrected chi connectivity index (χ3v) is 10.8. The number of nitrogens with zero attached hydrogens (tertiary/aromatic N) is 5. The number of benzene rings is 2. The number of aryl methyl sites for hydroxylation is 1. The van der Waals surface area contributed by atoms with Crippen LogP contribution in [0.4, 0.5) is 33.6 Å². The zero-order valence-corrected chi connectivity index (χ0v) is 32.0. The van der Waals surface area contributed by atoms with E-state index >= 15 is 0 Å². The second kappa shape index (κ2) is 15.9. The normalized spacial score (nSPS) is 16.1. The molecule has 2 aliphatic rings. The molecule has 1 aromatic heterocycles. The lowest BCUT2D eigenvalue weighted by Gasteiger charge is -2.43. The highest BCUT2D eigenvalue weighted by molar-refractivity contribution is 7.70. The quantitative estimate of drug-likeness (QED) is 0.185. The van der Waals surface area contributed by atoms with Gasteiger partial charge in [-0.05, 0) is 77.1 Å². The highest BCUT2D eigenvalue weighted by Crippen LogP contribution is 2.39. The number of hydrogen-bond donors (Lipinski definition) is 2. The topological polar surface area (TPSA) is 138 Å². The number of methoxy groups -OCH3 is 2. The van der Waals surface area contributed by atoms with Crippen molar-refractivity contribution in [3.8, 4) is 5.75 Å². The van der Waals surface area contributed by atoms with Gasteiger partial charge in [-0.2, -0.15) is 4.98 Å². The molecule has 0 spiro atoms. The Morgan fingerprint density at radius 2 is 1.65 bits per heavy atom. The zero-order chi connectivity index (χ0) is 36.9. The van der Waals surface area contributed by atoms with Crippen LogP contribution in [0.2, 0.25) is 0 Å². The monoisotopic (exact) mass is 721 g/mol. The molecule has 13 nitrogen and oxygen atoms in total. The minimum Gasteiger partial charge on any atom is -0.494 e. The van der Waals surface area contributed by atoms with Crippen molar-refractivity contribution in [3.05, 3.63) is 53.7 Å². The maximum Gasteiger partial charge on any atom is 0.410 e. The predicted octanol–water partition coefficient (Wildman–Crippen LogP) is 6.09. The van der Waals surface area contributed by atoms with Crippen LogP contribution >= 0.6 is 7.14 Å². The summed E-state index contributed by atoms with van der Waals surface area (Å²) >= 11 is 0. The second-order valence-electron chi connectivity index (χ2n) is 14.3. The number of para-hydroxylation sites is 1. The van der Waals surface area contributed by atoms with Gasteiger partial charge >= 0.3 is 12.1 Å². The average Bonchev–Trinajstić information content (AvgIpc) is 3.10. The van der Waals surface area contributed by atoms with Crippen LogP contribution < -0.4 is 25.6 Å². The molecular weight excluding hydrogens is 669 g/mol. The first kappa shape index (κ1) is 37.9. The number of amides is 1. The Labute approximate surface area is 301 Å². The Hall–Kier alpha value is -4.35. The number of carbonyl (C=O) groups excluding carboxylic acids is 2. The van der Waals surface area contributed by atoms with Crippen molar-refractivity contribution in [2.45, 2.75) is 58.6 Å². The Bertz CT molecular complexity index is 1760. The third kappa shape index (κ3) is 9.31. The predicted molar refractivity (Wildman–Crippen MR) is 202 cm³/mol. The lowest BCUT2D eigenvalue weighted by atomic mass is 9.99. The molecule has 14 heteroatoms. The SMILES string of the molecule is CCc1cc(Nc2ncc(C(=O)OC)c(Nc3ccccc3P(C)(C)=O)n2)c(OC)cc1N1CCC(N2CCN(C(=O)OC(C)(C)C)CC2)CC1. The Morgan fingerprint density at radius 3 is 2.25 bits per heavy atom. The van der Waals surface area contributed by atoms with Crippen molar-refractivity contribution < 1.29 is 28.4 Å². The van der Waals surface area contributed by atoms with Gasteiger partial charge in [0.15, 0.2) is 5.82 Å². The first-order chi connectivity index (χ1) is 24.2. The average molecular weight is 722 g/mol. The summed E-state index contributed by atoms with van der Waals surface area (Å²) in [4.78, 5) is 41.1. The number of ether oxygens (including phenoxy) is 3. The molecule has 51 heavy (non-hydrogen) atoms. The van der Waals surface area contributed by atoms with Gasteiger partial charge in [-0.25, -0.2) is 14.6 Å². The molecule has 2 saturated heterocycles. The minimum atomic E-state index is -2.64. The number of anilines is 5. The van der Waals surface area contributed by atoms with Crippen LogP contribution in [-0.2, 0) is 20.5 Å². The maximum atomic E-state index is 13.0. The number of piperidine rings is 1. The van der Waals surface area contributed by atoms with E-state index < -0.39 is 18.7 Å². The van der Waals surface area contributed by atoms with Crippen molar-refractivity contribution in [2.75, 3.05) is 82.4 Å². The van der Waals surface area contributed by atoms with Crippen molar-refractivity contribution in [1.82, 2.24) is 19.8 Å². The Morgan fingerprint density at radius 1 is 0.961 bits per heavy atom. The van der Waals surface area contributed by atoms with Crippen LogP contribution in [-0.4, -0.2) is 110 Å². The van der Waals surface area contributed by atoms with E-state index in [0.29, 0.717) is 41.6 Å². The van der Waals surface area contributed by atoms with E-state index in [4.69, 9.17) is 14.2 Å². The summed E-state index contributed by atoms with van der Waals surface area (Å²) < 4.78 is 29.5. The number of esters is 1. The number of hydrogen-bond acceptors (Lipinski definition) is 12. The lowest BCUT2D eigenvalue weighted by Crippen LogP contribution is -2.55. The van der Waals surface area contributed by atoms with Crippen molar-refractivity contribution >= 4 is 53.3 Å². The molecule has 276 valence electrons. The van der Waals surface area contributed by atoms with E-state index in [1.54, 1.807) is 32.6 Å². The largest absolute Gasteiger partial charge is 0.494 e. The van der Waals surface area contributed by atoms with Gasteiger partial charge in [0.1, 0.15) is 24.1 Å². The summed E-state index contributed by atoms with van der Waals surface area (Å²) in [6.45, 7) is 16.1. The standard InChI is InChI=1S/C37H52N7O6P/c1-9-25-22-29(40-35-38-24-27(34(45)49-6)33(41-35)39-28-12-10-11-13-32(28)51(7,8)47)31(48-5)23-30(25)43-16-14-26(15-17-43)42-18-20-44(21-19-42)36(46)50-37(2,3)4/h10-13,22-24,26H,9,14-21H2,1-8H3,(H2,38,39,40,41). The van der Waals surface area contributed by atoms with E-state index in [-0.39, 0.29) is 23.4 Å². The van der Waals surface area contributed by atoms with E-state index in [1.807, 2.05) is 37.8 Å². The van der Waals surface area contributed by atoms with E-state index in [1.165, 1.54) is 13.3 Å². The maximum absolute atomic E-state index is 13.0. The second-order valence-corrected chi connectivity index (χ2v) is 17.5. The van der Waals surface area contributed by atoms with Gasteiger partial charge in [0, 0.05) is 68.6 Å². The molecule has 0 saturated carbocycles. The van der Waals surface area contributed by atoms with E-state index in [2.05, 4.69) is 49.5 Å². The van der Waals surface area contributed by atoms with Gasteiger partial charge in [0.2, 0.25) is 5.95 Å². The van der Waals surface area contributed by atoms with Crippen molar-refractivity contribution in [3.63, 3.8) is 0 Å². The Kier molecular flexibility index (Phi) is 11.8. The fourth-order valence-corrected chi connectivity index (χ4v) is 7.78. The summed E-state index contributed by atoms with van der Waals surface area (Å²) in [6, 6.07) is 11.9. The highest BCUT2D eigenvalue weighted by Gasteiger charge is 2.31. The van der Waals surface area contributed by atoms with Crippen LogP contribution in [0.15, 0.2) is 42.6 Å². The molecule has 2 aromatic carbocycles. The van der Waals surface area contributed by atoms with Crippen LogP contribution in [0.5, 0.6) is 5.75 Å². The first-order valence-electron chi connectivity index (χ1n) is 17.5. The molecule has 2 N–H and O–H groups in total. The van der Waals surface area contributed by atoms with Gasteiger partial charge in [-0.15, -0.1) is 0 Å². The van der Waals surface area contributed by atoms with Gasteiger partial charge in [0.05, 0.1) is 25.6 Å². The molecule has 2 aliphatic heterocycles. The van der Waals surface area contributed by atoms with Gasteiger partial charge < -0.3 is 39.2 Å². The minimum absolute atomic E-state index is 0.143. The third-order valence-electron chi connectivity index (χ3n) is 9.25. The number of nitrogens with one attached hydrogen (secondary N) is 2. The number of aromatic nitrogens is 2. The van der Waals surface area contributed by atoms with Crippen molar-refractivity contribution in [1.29, 1.82) is 0 Å². The molecule has 0 bridgehead atoms. The first-order valence-corrected chi connectivity index (χ1v) is 20.1. The van der Waals surface area contributed by atoms with Crippen molar-refractivity contribution in [2.24, 2.45) is 0 Å². The van der Waals surface area contributed by atoms with E-state index in [0.717, 1.165) is 56.7 Å². The summed E-state index contributed by atoms with van der Waals surface area (Å²) in [7, 11) is 0.295. The van der Waals surface area contributed by atoms with Gasteiger partial charge in [0.25, 0.3) is 0 Å². The van der Waals surface area contributed by atoms with Gasteiger partial charge in [-0.3, -0.25) is 4.90 Å². The van der Waals surface area contributed by atoms with Crippen LogP contribution in [0.25, 0.3) is 0 Å². The smallest absolute Gasteiger partial charge is 0.410 e. The Balaban J connectivity index is 1.30. The molecule has 1 amide bonds. The van der Waals surface area contributed by atoms with Crippen LogP contribution in [0, 0.1) is 0 Å². The number of carbonyl (C=O) groups is 2. The molecule has 5 rings (SSSR count). The molecule has 0 unspecified atom stereocenters. The zero-order valence-electron chi connectivity index (χ0n) is 31.1. The molecule has 0 radical (unpaired) electrons. The fourth-order valence-electron chi connectivity index (χ4n) is 6.62. The molecule has 3 heterocycles. The highest BCUT2D eigenvalue weighted by atomic mass is 31.2. The van der Waals surface area contributed by atoms with Crippen LogP contribution in [0.3, 0.4) is 0 Å². The summed E-state index contributed by atoms with van der Waals surface area (Å²) in [5.41, 5.74) is 3.22. The van der Waals surface area contributed by atoms with Crippen LogP contribution in [0.1, 0.15) is 56.5 Å².